The van der Waals surface area contributed by atoms with Gasteiger partial charge in [-0.3, -0.25) is 9.59 Å². The molecule has 0 radical (unpaired) electrons. The van der Waals surface area contributed by atoms with E-state index in [0.29, 0.717) is 0 Å². The Kier molecular flexibility index (Phi) is 11.8. The zero-order valence-electron chi connectivity index (χ0n) is 21.1. The highest BCUT2D eigenvalue weighted by atomic mass is 19.2. The molecule has 0 saturated carbocycles. The third-order valence-corrected chi connectivity index (χ3v) is 4.95. The fraction of sp³-hybridized carbons (Fsp3) is 0.308. The monoisotopic (exact) mass is 582 g/mol. The second kappa shape index (κ2) is 14.6. The minimum atomic E-state index is -2.15. The van der Waals surface area contributed by atoms with E-state index >= 15 is 0 Å². The fourth-order valence-corrected chi connectivity index (χ4v) is 3.08. The number of carbonyl (C=O) groups is 2. The third-order valence-electron chi connectivity index (χ3n) is 4.95. The Bertz CT molecular complexity index is 1330. The molecule has 0 spiro atoms. The van der Waals surface area contributed by atoms with Crippen molar-refractivity contribution >= 4 is 23.6 Å². The van der Waals surface area contributed by atoms with Gasteiger partial charge in [0.2, 0.25) is 23.2 Å². The number of ether oxygens (including phenoxy) is 4. The lowest BCUT2D eigenvalue weighted by atomic mass is 10.1. The Labute approximate surface area is 222 Å². The molecule has 2 aromatic carbocycles. The molecule has 0 atom stereocenters. The predicted molar refractivity (Wildman–Crippen MR) is 124 cm³/mol. The number of hydrogen-bond donors (Lipinski definition) is 0. The lowest BCUT2D eigenvalue weighted by Crippen LogP contribution is -2.17. The van der Waals surface area contributed by atoms with Crippen molar-refractivity contribution < 1.29 is 63.7 Å². The predicted octanol–water partition coefficient (Wildman–Crippen LogP) is 6.19. The van der Waals surface area contributed by atoms with Crippen LogP contribution in [0.4, 0.5) is 35.1 Å². The quantitative estimate of drug-likeness (QED) is 0.0701. The van der Waals surface area contributed by atoms with Crippen molar-refractivity contribution in [2.75, 3.05) is 26.4 Å². The number of esters is 2. The van der Waals surface area contributed by atoms with E-state index in [4.69, 9.17) is 9.47 Å². The molecule has 218 valence electrons. The summed E-state index contributed by atoms with van der Waals surface area (Å²) in [5.41, 5.74) is -2.04. The van der Waals surface area contributed by atoms with Crippen LogP contribution in [0.5, 0.6) is 11.5 Å². The van der Waals surface area contributed by atoms with E-state index in [-0.39, 0.29) is 32.0 Å². The second-order valence-corrected chi connectivity index (χ2v) is 7.91. The Hall–Kier alpha value is -3.78. The van der Waals surface area contributed by atoms with Gasteiger partial charge in [-0.25, -0.2) is 26.3 Å². The van der Waals surface area contributed by atoms with Crippen LogP contribution in [0.3, 0.4) is 0 Å². The van der Waals surface area contributed by atoms with Crippen LogP contribution in [0.2, 0.25) is 0 Å². The molecule has 0 heterocycles. The number of benzene rings is 2. The van der Waals surface area contributed by atoms with E-state index in [1.807, 2.05) is 0 Å². The van der Waals surface area contributed by atoms with E-state index in [2.05, 4.69) is 16.1 Å². The van der Waals surface area contributed by atoms with Gasteiger partial charge in [-0.1, -0.05) is 18.7 Å². The largest absolute Gasteiger partial charge is 0.422 e. The van der Waals surface area contributed by atoms with Gasteiger partial charge in [0.25, 0.3) is 0 Å². The summed E-state index contributed by atoms with van der Waals surface area (Å²) in [5.74, 6) is -20.3. The molecule has 14 heteroatoms. The van der Waals surface area contributed by atoms with Crippen molar-refractivity contribution in [2.24, 2.45) is 0 Å². The van der Waals surface area contributed by atoms with E-state index < -0.39 is 93.9 Å². The summed E-state index contributed by atoms with van der Waals surface area (Å²) in [6.07, 6.45) is 1.03. The van der Waals surface area contributed by atoms with Gasteiger partial charge < -0.3 is 18.9 Å². The molecule has 0 aliphatic heterocycles. The summed E-state index contributed by atoms with van der Waals surface area (Å²) in [5, 5.41) is 0. The maximum Gasteiger partial charge on any atom is 0.313 e. The van der Waals surface area contributed by atoms with Crippen LogP contribution in [-0.4, -0.2) is 38.4 Å². The van der Waals surface area contributed by atoms with E-state index in [1.54, 1.807) is 0 Å². The average molecular weight is 582 g/mol. The first-order chi connectivity index (χ1) is 18.8. The lowest BCUT2D eigenvalue weighted by molar-refractivity contribution is -0.137. The summed E-state index contributed by atoms with van der Waals surface area (Å²) in [6, 6.07) is 0. The van der Waals surface area contributed by atoms with Crippen LogP contribution in [0.15, 0.2) is 12.7 Å². The summed E-state index contributed by atoms with van der Waals surface area (Å²) in [7, 11) is 0. The Balaban J connectivity index is 1.76. The summed E-state index contributed by atoms with van der Waals surface area (Å²) < 4.78 is 130. The average Bonchev–Trinajstić information content (AvgIpc) is 2.90. The summed E-state index contributed by atoms with van der Waals surface area (Å²) >= 11 is 0. The number of rotatable bonds is 13. The first-order valence-corrected chi connectivity index (χ1v) is 11.4. The van der Waals surface area contributed by atoms with Gasteiger partial charge in [-0.2, -0.15) is 8.78 Å². The highest BCUT2D eigenvalue weighted by molar-refractivity contribution is 5.75. The summed E-state index contributed by atoms with van der Waals surface area (Å²) in [4.78, 5) is 23.8. The zero-order valence-corrected chi connectivity index (χ0v) is 21.1. The molecule has 0 bridgehead atoms. The molecule has 0 amide bonds. The normalized spacial score (nSPS) is 11.2. The molecular weight excluding hydrogens is 560 g/mol. The summed E-state index contributed by atoms with van der Waals surface area (Å²) in [6.45, 7) is 4.84. The molecule has 2 rings (SSSR count). The van der Waals surface area contributed by atoms with Crippen molar-refractivity contribution in [3.05, 3.63) is 70.3 Å². The van der Waals surface area contributed by atoms with Gasteiger partial charge in [-0.05, 0) is 19.4 Å². The molecule has 40 heavy (non-hydrogen) atoms. The smallest absolute Gasteiger partial charge is 0.313 e. The van der Waals surface area contributed by atoms with Crippen molar-refractivity contribution in [2.45, 2.75) is 26.7 Å². The van der Waals surface area contributed by atoms with Crippen LogP contribution in [-0.2, 0) is 19.1 Å². The van der Waals surface area contributed by atoms with Crippen molar-refractivity contribution in [3.8, 4) is 11.5 Å². The van der Waals surface area contributed by atoms with Crippen LogP contribution >= 0.6 is 0 Å². The van der Waals surface area contributed by atoms with Crippen molar-refractivity contribution in [1.82, 2.24) is 0 Å². The number of halogens is 8. The highest BCUT2D eigenvalue weighted by Crippen LogP contribution is 2.34. The number of carbonyl (C=O) groups excluding carboxylic acids is 2. The molecule has 0 aromatic heterocycles. The second-order valence-electron chi connectivity index (χ2n) is 7.91. The van der Waals surface area contributed by atoms with Crippen LogP contribution in [0.25, 0.3) is 11.6 Å². The SMILES string of the molecule is C=C(C)c1c(F)c(F)c(F)c(OC(=O)CCOCCOCCC(=O)Oc2c(F)c(F)c(F)c(F)c2/C=C/C)c1F. The molecule has 2 aromatic rings. The van der Waals surface area contributed by atoms with Crippen molar-refractivity contribution in [3.63, 3.8) is 0 Å². The van der Waals surface area contributed by atoms with Gasteiger partial charge in [-0.15, -0.1) is 0 Å². The Morgan fingerprint density at radius 3 is 1.60 bits per heavy atom. The van der Waals surface area contributed by atoms with Gasteiger partial charge in [0, 0.05) is 0 Å². The zero-order chi connectivity index (χ0) is 30.1. The van der Waals surface area contributed by atoms with Crippen LogP contribution < -0.4 is 9.47 Å². The minimum Gasteiger partial charge on any atom is -0.422 e. The molecule has 6 nitrogen and oxygen atoms in total. The first kappa shape index (κ1) is 32.4. The highest BCUT2D eigenvalue weighted by Gasteiger charge is 2.29. The van der Waals surface area contributed by atoms with Gasteiger partial charge in [0.1, 0.15) is 0 Å². The molecule has 0 fully saturated rings. The van der Waals surface area contributed by atoms with Crippen LogP contribution in [0, 0.1) is 46.5 Å². The first-order valence-electron chi connectivity index (χ1n) is 11.4. The number of hydrogen-bond acceptors (Lipinski definition) is 6. The third kappa shape index (κ3) is 7.66. The maximum absolute atomic E-state index is 14.3. The molecule has 0 aliphatic rings. The molecule has 0 aliphatic carbocycles. The van der Waals surface area contributed by atoms with Crippen molar-refractivity contribution in [1.29, 1.82) is 0 Å². The molecule has 0 N–H and O–H groups in total. The van der Waals surface area contributed by atoms with Crippen LogP contribution in [0.1, 0.15) is 37.8 Å². The van der Waals surface area contributed by atoms with E-state index in [0.717, 1.165) is 13.0 Å². The standard InChI is InChI=1S/C26H22F8O6/c1-4-5-13-17(27)20(30)22(32)23(33)25(13)39-14(35)6-8-37-10-11-38-9-7-15(36)40-26-19(29)16(12(2)3)18(28)21(31)24(26)34/h4-5H,2,6-11H2,1,3H3/b5-4+. The molecule has 0 unspecified atom stereocenters. The van der Waals surface area contributed by atoms with Gasteiger partial charge in [0.05, 0.1) is 50.4 Å². The lowest BCUT2D eigenvalue weighted by Gasteiger charge is -2.12. The molecule has 0 saturated heterocycles. The van der Waals surface area contributed by atoms with Gasteiger partial charge >= 0.3 is 11.9 Å². The number of allylic oxidation sites excluding steroid dienone is 2. The Morgan fingerprint density at radius 2 is 1.10 bits per heavy atom. The maximum atomic E-state index is 14.3. The topological polar surface area (TPSA) is 71.1 Å². The van der Waals surface area contributed by atoms with E-state index in [9.17, 15) is 44.7 Å². The van der Waals surface area contributed by atoms with Gasteiger partial charge in [0.15, 0.2) is 34.8 Å². The Morgan fingerprint density at radius 1 is 0.650 bits per heavy atom. The molecular formula is C26H22F8O6. The van der Waals surface area contributed by atoms with E-state index in [1.165, 1.54) is 13.0 Å². The fourth-order valence-electron chi connectivity index (χ4n) is 3.08. The minimum absolute atomic E-state index is 0.144.